The van der Waals surface area contributed by atoms with E-state index in [0.29, 0.717) is 18.3 Å². The Labute approximate surface area is 137 Å². The molecule has 0 aliphatic heterocycles. The molecule has 0 amide bonds. The molecule has 4 heteroatoms. The smallest absolute Gasteiger partial charge is 0.144 e. The van der Waals surface area contributed by atoms with Crippen molar-refractivity contribution >= 4 is 5.82 Å². The number of anilines is 1. The van der Waals surface area contributed by atoms with Crippen LogP contribution in [0, 0.1) is 11.3 Å². The molecule has 3 rings (SSSR count). The van der Waals surface area contributed by atoms with Gasteiger partial charge < -0.3 is 5.32 Å². The molecule has 118 valence electrons. The van der Waals surface area contributed by atoms with Gasteiger partial charge >= 0.3 is 0 Å². The zero-order valence-electron chi connectivity index (χ0n) is 13.8. The zero-order valence-corrected chi connectivity index (χ0v) is 13.8. The lowest BCUT2D eigenvalue weighted by Crippen LogP contribution is -2.15. The topological polar surface area (TPSA) is 61.6 Å². The largest absolute Gasteiger partial charge is 0.363 e. The van der Waals surface area contributed by atoms with Crippen molar-refractivity contribution in [2.24, 2.45) is 0 Å². The molecule has 1 N–H and O–H groups in total. The number of pyridine rings is 2. The standard InChI is InChI=1S/C19H22N4/c1-13(2)18-16-9-4-3-8-15(16)17(11-20)19(23-18)22-12-14-7-5-6-10-21-14/h5-7,10,13H,3-4,8-9,12H2,1-2H3,(H,22,23). The molecule has 0 radical (unpaired) electrons. The summed E-state index contributed by atoms with van der Waals surface area (Å²) in [5.41, 5.74) is 5.33. The fourth-order valence-corrected chi connectivity index (χ4v) is 3.25. The van der Waals surface area contributed by atoms with Crippen LogP contribution in [0.15, 0.2) is 24.4 Å². The molecule has 2 heterocycles. The highest BCUT2D eigenvalue weighted by molar-refractivity contribution is 5.60. The van der Waals surface area contributed by atoms with Gasteiger partial charge in [0.2, 0.25) is 0 Å². The highest BCUT2D eigenvalue weighted by atomic mass is 15.0. The number of aromatic nitrogens is 2. The molecular formula is C19H22N4. The molecule has 0 spiro atoms. The van der Waals surface area contributed by atoms with Gasteiger partial charge in [-0.15, -0.1) is 0 Å². The summed E-state index contributed by atoms with van der Waals surface area (Å²) < 4.78 is 0. The highest BCUT2D eigenvalue weighted by Gasteiger charge is 2.23. The summed E-state index contributed by atoms with van der Waals surface area (Å²) in [6, 6.07) is 8.22. The Morgan fingerprint density at radius 2 is 2.00 bits per heavy atom. The van der Waals surface area contributed by atoms with Gasteiger partial charge in [0.1, 0.15) is 11.9 Å². The van der Waals surface area contributed by atoms with Crippen molar-refractivity contribution in [1.29, 1.82) is 5.26 Å². The first kappa shape index (κ1) is 15.5. The molecule has 1 aliphatic carbocycles. The third kappa shape index (κ3) is 3.19. The van der Waals surface area contributed by atoms with E-state index in [1.807, 2.05) is 18.2 Å². The number of fused-ring (bicyclic) bond motifs is 1. The lowest BCUT2D eigenvalue weighted by atomic mass is 9.85. The van der Waals surface area contributed by atoms with E-state index in [9.17, 15) is 5.26 Å². The van der Waals surface area contributed by atoms with Crippen molar-refractivity contribution in [3.05, 3.63) is 52.5 Å². The molecule has 0 saturated carbocycles. The van der Waals surface area contributed by atoms with Gasteiger partial charge in [0.25, 0.3) is 0 Å². The van der Waals surface area contributed by atoms with Crippen LogP contribution in [0.25, 0.3) is 0 Å². The van der Waals surface area contributed by atoms with Crippen LogP contribution in [0.3, 0.4) is 0 Å². The second kappa shape index (κ2) is 6.78. The van der Waals surface area contributed by atoms with Crippen LogP contribution < -0.4 is 5.32 Å². The van der Waals surface area contributed by atoms with E-state index < -0.39 is 0 Å². The average molecular weight is 306 g/mol. The molecular weight excluding hydrogens is 284 g/mol. The molecule has 2 aromatic heterocycles. The first-order chi connectivity index (χ1) is 11.2. The van der Waals surface area contributed by atoms with Gasteiger partial charge in [-0.3, -0.25) is 4.98 Å². The van der Waals surface area contributed by atoms with E-state index in [1.165, 1.54) is 17.5 Å². The molecule has 1 aliphatic rings. The Morgan fingerprint density at radius 1 is 1.22 bits per heavy atom. The number of rotatable bonds is 4. The van der Waals surface area contributed by atoms with E-state index in [4.69, 9.17) is 4.98 Å². The van der Waals surface area contributed by atoms with Crippen LogP contribution >= 0.6 is 0 Å². The normalized spacial score (nSPS) is 13.5. The minimum absolute atomic E-state index is 0.366. The maximum absolute atomic E-state index is 9.66. The molecule has 0 bridgehead atoms. The Morgan fingerprint density at radius 3 is 2.65 bits per heavy atom. The van der Waals surface area contributed by atoms with Gasteiger partial charge in [-0.25, -0.2) is 4.98 Å². The van der Waals surface area contributed by atoms with Crippen LogP contribution in [0.1, 0.15) is 60.7 Å². The molecule has 0 fully saturated rings. The van der Waals surface area contributed by atoms with Crippen molar-refractivity contribution in [3.8, 4) is 6.07 Å². The maximum atomic E-state index is 9.66. The van der Waals surface area contributed by atoms with Gasteiger partial charge in [0.05, 0.1) is 17.8 Å². The minimum Gasteiger partial charge on any atom is -0.363 e. The van der Waals surface area contributed by atoms with Crippen molar-refractivity contribution in [3.63, 3.8) is 0 Å². The van der Waals surface area contributed by atoms with Crippen LogP contribution in [0.4, 0.5) is 5.82 Å². The summed E-state index contributed by atoms with van der Waals surface area (Å²) in [5, 5.41) is 13.0. The number of hydrogen-bond donors (Lipinski definition) is 1. The zero-order chi connectivity index (χ0) is 16.2. The van der Waals surface area contributed by atoms with Crippen LogP contribution in [-0.4, -0.2) is 9.97 Å². The van der Waals surface area contributed by atoms with Crippen LogP contribution in [0.5, 0.6) is 0 Å². The molecule has 0 unspecified atom stereocenters. The van der Waals surface area contributed by atoms with Gasteiger partial charge in [-0.05, 0) is 54.9 Å². The van der Waals surface area contributed by atoms with Crippen LogP contribution in [-0.2, 0) is 19.4 Å². The molecule has 23 heavy (non-hydrogen) atoms. The molecule has 0 atom stereocenters. The summed E-state index contributed by atoms with van der Waals surface area (Å²) in [5.74, 6) is 1.08. The lowest BCUT2D eigenvalue weighted by molar-refractivity contribution is 0.659. The van der Waals surface area contributed by atoms with Crippen molar-refractivity contribution in [2.45, 2.75) is 52.0 Å². The Hall–Kier alpha value is -2.41. The van der Waals surface area contributed by atoms with Gasteiger partial charge in [0, 0.05) is 11.9 Å². The third-order valence-electron chi connectivity index (χ3n) is 4.37. The van der Waals surface area contributed by atoms with Gasteiger partial charge in [-0.2, -0.15) is 5.26 Å². The fourth-order valence-electron chi connectivity index (χ4n) is 3.25. The van der Waals surface area contributed by atoms with Crippen molar-refractivity contribution in [2.75, 3.05) is 5.32 Å². The summed E-state index contributed by atoms with van der Waals surface area (Å²) in [6.07, 6.45) is 6.16. The van der Waals surface area contributed by atoms with E-state index in [2.05, 4.69) is 30.2 Å². The summed E-state index contributed by atoms with van der Waals surface area (Å²) in [6.45, 7) is 4.93. The number of nitrogens with zero attached hydrogens (tertiary/aromatic N) is 3. The summed E-state index contributed by atoms with van der Waals surface area (Å²) in [4.78, 5) is 9.13. The second-order valence-electron chi connectivity index (χ2n) is 6.33. The number of nitriles is 1. The third-order valence-corrected chi connectivity index (χ3v) is 4.37. The summed E-state index contributed by atoms with van der Waals surface area (Å²) >= 11 is 0. The Kier molecular flexibility index (Phi) is 4.57. The Bertz CT molecular complexity index is 729. The highest BCUT2D eigenvalue weighted by Crippen LogP contribution is 2.33. The summed E-state index contributed by atoms with van der Waals surface area (Å²) in [7, 11) is 0. The van der Waals surface area contributed by atoms with E-state index in [-0.39, 0.29) is 0 Å². The quantitative estimate of drug-likeness (QED) is 0.928. The van der Waals surface area contributed by atoms with Gasteiger partial charge in [0.15, 0.2) is 0 Å². The Balaban J connectivity index is 1.98. The van der Waals surface area contributed by atoms with Gasteiger partial charge in [-0.1, -0.05) is 19.9 Å². The minimum atomic E-state index is 0.366. The monoisotopic (exact) mass is 306 g/mol. The maximum Gasteiger partial charge on any atom is 0.144 e. The first-order valence-electron chi connectivity index (χ1n) is 8.30. The number of hydrogen-bond acceptors (Lipinski definition) is 4. The van der Waals surface area contributed by atoms with E-state index in [0.717, 1.165) is 36.2 Å². The predicted molar refractivity (Wildman–Crippen MR) is 91.2 cm³/mol. The molecule has 0 saturated heterocycles. The fraction of sp³-hybridized carbons (Fsp3) is 0.421. The second-order valence-corrected chi connectivity index (χ2v) is 6.33. The first-order valence-corrected chi connectivity index (χ1v) is 8.30. The average Bonchev–Trinajstić information content (AvgIpc) is 2.59. The van der Waals surface area contributed by atoms with Crippen molar-refractivity contribution in [1.82, 2.24) is 9.97 Å². The van der Waals surface area contributed by atoms with E-state index >= 15 is 0 Å². The van der Waals surface area contributed by atoms with E-state index in [1.54, 1.807) is 6.20 Å². The molecule has 0 aromatic carbocycles. The predicted octanol–water partition coefficient (Wildman–Crippen LogP) is 3.96. The lowest BCUT2D eigenvalue weighted by Gasteiger charge is -2.24. The number of nitrogens with one attached hydrogen (secondary N) is 1. The molecule has 2 aromatic rings. The van der Waals surface area contributed by atoms with Crippen LogP contribution in [0.2, 0.25) is 0 Å². The SMILES string of the molecule is CC(C)c1nc(NCc2ccccn2)c(C#N)c2c1CCCC2. The molecule has 4 nitrogen and oxygen atoms in total. The van der Waals surface area contributed by atoms with Crippen molar-refractivity contribution < 1.29 is 0 Å².